The molecule has 1 radical (unpaired) electrons. The molecule has 0 spiro atoms. The van der Waals surface area contributed by atoms with Gasteiger partial charge in [-0.15, -0.1) is 0 Å². The predicted molar refractivity (Wildman–Crippen MR) is 43.8 cm³/mol. The third-order valence-electron chi connectivity index (χ3n) is 2.02. The van der Waals surface area contributed by atoms with Crippen LogP contribution in [-0.2, 0) is 0 Å². The van der Waals surface area contributed by atoms with E-state index in [1.54, 1.807) is 0 Å². The Morgan fingerprint density at radius 3 is 3.00 bits per heavy atom. The van der Waals surface area contributed by atoms with Gasteiger partial charge in [-0.25, -0.2) is 0 Å². The molecule has 2 rings (SSSR count). The van der Waals surface area contributed by atoms with Crippen LogP contribution in [0.5, 0.6) is 0 Å². The lowest BCUT2D eigenvalue weighted by molar-refractivity contribution is 1.06. The lowest BCUT2D eigenvalue weighted by Crippen LogP contribution is -1.91. The third-order valence-corrected chi connectivity index (χ3v) is 2.02. The number of hydrogen-bond acceptors (Lipinski definition) is 3. The van der Waals surface area contributed by atoms with E-state index in [2.05, 4.69) is 35.7 Å². The zero-order valence-electron chi connectivity index (χ0n) is 6.55. The van der Waals surface area contributed by atoms with Crippen molar-refractivity contribution in [3.8, 4) is 0 Å². The highest BCUT2D eigenvalue weighted by Gasteiger charge is 2.19. The van der Waals surface area contributed by atoms with Gasteiger partial charge in [0, 0.05) is 0 Å². The van der Waals surface area contributed by atoms with Crippen molar-refractivity contribution in [1.29, 1.82) is 0 Å². The van der Waals surface area contributed by atoms with Crippen LogP contribution in [0.25, 0.3) is 0 Å². The Morgan fingerprint density at radius 1 is 1.36 bits per heavy atom. The molecule has 1 heterocycles. The molecule has 1 aliphatic heterocycles. The summed E-state index contributed by atoms with van der Waals surface area (Å²) in [5, 5.41) is 7.70. The van der Waals surface area contributed by atoms with Gasteiger partial charge in [-0.2, -0.15) is 0 Å². The molecular weight excluding hydrogens is 138 g/mol. The number of hydrogen-bond donors (Lipinski definition) is 1. The van der Waals surface area contributed by atoms with Crippen LogP contribution < -0.4 is 10.6 Å². The number of fused-ring (bicyclic) bond motifs is 1. The Morgan fingerprint density at radius 2 is 2.18 bits per heavy atom. The van der Waals surface area contributed by atoms with E-state index >= 15 is 0 Å². The van der Waals surface area contributed by atoms with Gasteiger partial charge in [-0.1, -0.05) is 11.5 Å². The molecule has 11 heavy (non-hydrogen) atoms. The van der Waals surface area contributed by atoms with Crippen molar-refractivity contribution in [2.24, 2.45) is 5.11 Å². The number of nitrogens with one attached hydrogen (secondary N) is 1. The van der Waals surface area contributed by atoms with Crippen molar-refractivity contribution in [3.63, 3.8) is 0 Å². The molecule has 0 aromatic heterocycles. The number of aryl methyl sites for hydroxylation is 1. The van der Waals surface area contributed by atoms with E-state index in [1.165, 1.54) is 11.1 Å². The second kappa shape index (κ2) is 2.05. The van der Waals surface area contributed by atoms with E-state index in [9.17, 15) is 0 Å². The summed E-state index contributed by atoms with van der Waals surface area (Å²) >= 11 is 0. The summed E-state index contributed by atoms with van der Waals surface area (Å²) in [6, 6.07) is 4.06. The van der Waals surface area contributed by atoms with Gasteiger partial charge in [-0.05, 0) is 31.0 Å². The topological polar surface area (TPSA) is 38.5 Å². The Labute approximate surface area is 65.1 Å². The van der Waals surface area contributed by atoms with Gasteiger partial charge in [0.1, 0.15) is 10.8 Å². The average molecular weight is 147 g/mol. The van der Waals surface area contributed by atoms with Crippen LogP contribution in [0.4, 0.5) is 11.4 Å². The minimum Gasteiger partial charge on any atom is -0.0687 e. The van der Waals surface area contributed by atoms with E-state index in [-0.39, 0.29) is 0 Å². The van der Waals surface area contributed by atoms with Crippen LogP contribution in [0.1, 0.15) is 11.1 Å². The van der Waals surface area contributed by atoms with Crippen LogP contribution in [0, 0.1) is 13.8 Å². The van der Waals surface area contributed by atoms with Crippen molar-refractivity contribution in [2.45, 2.75) is 13.8 Å². The molecule has 0 saturated heterocycles. The number of benzene rings is 1. The predicted octanol–water partition coefficient (Wildman–Crippen LogP) is 2.06. The molecule has 0 bridgehead atoms. The molecule has 0 fully saturated rings. The van der Waals surface area contributed by atoms with Crippen LogP contribution in [0.15, 0.2) is 17.2 Å². The highest BCUT2D eigenvalue weighted by Crippen LogP contribution is 2.32. The zero-order chi connectivity index (χ0) is 7.84. The molecule has 0 atom stereocenters. The normalized spacial score (nSPS) is 12.9. The highest BCUT2D eigenvalue weighted by atomic mass is 15.5. The highest BCUT2D eigenvalue weighted by molar-refractivity contribution is 5.71. The Bertz CT molecular complexity index is 328. The van der Waals surface area contributed by atoms with Gasteiger partial charge < -0.3 is 0 Å². The van der Waals surface area contributed by atoms with Crippen molar-refractivity contribution in [2.75, 3.05) is 5.43 Å². The molecule has 0 unspecified atom stereocenters. The fourth-order valence-electron chi connectivity index (χ4n) is 1.15. The maximum absolute atomic E-state index is 3.97. The smallest absolute Gasteiger partial charge is 0.0687 e. The Hall–Kier alpha value is -1.38. The number of rotatable bonds is 0. The minimum atomic E-state index is 0.977. The zero-order valence-corrected chi connectivity index (χ0v) is 6.55. The molecular formula is C8H9N3+. The molecule has 1 aliphatic rings. The summed E-state index contributed by atoms with van der Waals surface area (Å²) in [5.74, 6) is 0. The van der Waals surface area contributed by atoms with Crippen molar-refractivity contribution < 1.29 is 0 Å². The number of anilines is 1. The van der Waals surface area contributed by atoms with Gasteiger partial charge in [0.05, 0.1) is 0 Å². The first-order valence-electron chi connectivity index (χ1n) is 3.56. The summed E-state index contributed by atoms with van der Waals surface area (Å²) < 4.78 is 0. The lowest BCUT2D eigenvalue weighted by Gasteiger charge is -1.98. The summed E-state index contributed by atoms with van der Waals surface area (Å²) in [7, 11) is 0. The molecule has 0 saturated carbocycles. The minimum absolute atomic E-state index is 0.977. The average Bonchev–Trinajstić information content (AvgIpc) is 2.45. The fraction of sp³-hybridized carbons (Fsp3) is 0.250. The first-order chi connectivity index (χ1) is 5.29. The van der Waals surface area contributed by atoms with Crippen LogP contribution in [-0.4, -0.2) is 0 Å². The summed E-state index contributed by atoms with van der Waals surface area (Å²) in [5.41, 5.74) is 7.27. The molecule has 1 aromatic carbocycles. The molecule has 3 nitrogen and oxygen atoms in total. The van der Waals surface area contributed by atoms with E-state index in [0.717, 1.165) is 11.4 Å². The van der Waals surface area contributed by atoms with Crippen molar-refractivity contribution in [1.82, 2.24) is 5.22 Å². The number of nitrogens with zero attached hydrogens (tertiary/aromatic N) is 2. The van der Waals surface area contributed by atoms with Gasteiger partial charge in [-0.3, -0.25) is 0 Å². The van der Waals surface area contributed by atoms with Crippen LogP contribution >= 0.6 is 0 Å². The van der Waals surface area contributed by atoms with Crippen LogP contribution in [0.3, 0.4) is 0 Å². The second-order valence-electron chi connectivity index (χ2n) is 2.72. The molecule has 55 valence electrons. The monoisotopic (exact) mass is 147 g/mol. The molecule has 3 heteroatoms. The van der Waals surface area contributed by atoms with Crippen molar-refractivity contribution >= 4 is 11.4 Å². The summed E-state index contributed by atoms with van der Waals surface area (Å²) in [4.78, 5) is 0. The molecule has 1 N–H and O–H groups in total. The fourth-order valence-corrected chi connectivity index (χ4v) is 1.15. The largest absolute Gasteiger partial charge is 0.331 e. The first-order valence-corrected chi connectivity index (χ1v) is 3.56. The third kappa shape index (κ3) is 0.808. The van der Waals surface area contributed by atoms with Crippen LogP contribution in [0.2, 0.25) is 0 Å². The van der Waals surface area contributed by atoms with Gasteiger partial charge in [0.2, 0.25) is 0 Å². The summed E-state index contributed by atoms with van der Waals surface area (Å²) in [6.45, 7) is 4.13. The maximum Gasteiger partial charge on any atom is 0.331 e. The molecule has 0 amide bonds. The standard InChI is InChI=1S/C8H9N3/c1-5-3-4-7-8(6(5)2)10-11-9-7/h3-4H,1-2H3,(H,9,10)/q+1. The van der Waals surface area contributed by atoms with E-state index in [0.29, 0.717) is 0 Å². The van der Waals surface area contributed by atoms with Gasteiger partial charge in [0.15, 0.2) is 5.69 Å². The summed E-state index contributed by atoms with van der Waals surface area (Å²) in [6.07, 6.45) is 0. The molecule has 1 aromatic rings. The molecule has 0 aliphatic carbocycles. The Balaban J connectivity index is 2.70. The van der Waals surface area contributed by atoms with Gasteiger partial charge in [0.25, 0.3) is 0 Å². The lowest BCUT2D eigenvalue weighted by atomic mass is 10.1. The van der Waals surface area contributed by atoms with E-state index < -0.39 is 0 Å². The van der Waals surface area contributed by atoms with Gasteiger partial charge >= 0.3 is 5.22 Å². The quantitative estimate of drug-likeness (QED) is 0.599. The Kier molecular flexibility index (Phi) is 1.18. The van der Waals surface area contributed by atoms with E-state index in [4.69, 9.17) is 0 Å². The van der Waals surface area contributed by atoms with E-state index in [1.807, 2.05) is 6.07 Å². The second-order valence-corrected chi connectivity index (χ2v) is 2.72. The maximum atomic E-state index is 3.97. The van der Waals surface area contributed by atoms with Crippen molar-refractivity contribution in [3.05, 3.63) is 23.3 Å². The first kappa shape index (κ1) is 6.34. The SMILES string of the molecule is Cc1ccc2c(c1C)N=[N+]N2.